The lowest BCUT2D eigenvalue weighted by molar-refractivity contribution is -0.142. The summed E-state index contributed by atoms with van der Waals surface area (Å²) in [6, 6.07) is 10.7. The number of phenols is 1. The minimum atomic E-state index is -4.71. The van der Waals surface area contributed by atoms with Gasteiger partial charge in [0.2, 0.25) is 6.79 Å². The summed E-state index contributed by atoms with van der Waals surface area (Å²) in [6.07, 6.45) is -4.93. The van der Waals surface area contributed by atoms with E-state index >= 15 is 0 Å². The SMILES string of the molecule is O=c1c(Cc2ccc3c(c2)OCO3)c(C(F)(F)F)[nH]n1Cc1cccc(O)c1. The van der Waals surface area contributed by atoms with Gasteiger partial charge in [-0.3, -0.25) is 9.89 Å². The fourth-order valence-corrected chi connectivity index (χ4v) is 3.13. The predicted molar refractivity (Wildman–Crippen MR) is 92.6 cm³/mol. The Kier molecular flexibility index (Phi) is 4.29. The number of aromatic hydroxyl groups is 1. The summed E-state index contributed by atoms with van der Waals surface area (Å²) in [6.45, 7) is -0.0785. The standard InChI is InChI=1S/C19H15F3N2O4/c20-19(21,22)17-14(7-11-4-5-15-16(8-11)28-10-27-15)18(26)24(23-17)9-12-2-1-3-13(25)6-12/h1-6,8,23,25H,7,9-10H2. The molecule has 6 nitrogen and oxygen atoms in total. The average Bonchev–Trinajstić information content (AvgIpc) is 3.21. The van der Waals surface area contributed by atoms with E-state index in [1.54, 1.807) is 30.3 Å². The van der Waals surface area contributed by atoms with Gasteiger partial charge >= 0.3 is 6.18 Å². The van der Waals surface area contributed by atoms with Gasteiger partial charge in [-0.25, -0.2) is 4.68 Å². The summed E-state index contributed by atoms with van der Waals surface area (Å²) in [5.41, 5.74) is -1.25. The smallest absolute Gasteiger partial charge is 0.433 e. The Morgan fingerprint density at radius 2 is 1.86 bits per heavy atom. The highest BCUT2D eigenvalue weighted by molar-refractivity contribution is 5.46. The van der Waals surface area contributed by atoms with Crippen LogP contribution in [-0.4, -0.2) is 21.7 Å². The first-order chi connectivity index (χ1) is 13.3. The number of aromatic nitrogens is 2. The Balaban J connectivity index is 1.71. The molecule has 0 radical (unpaired) electrons. The van der Waals surface area contributed by atoms with Gasteiger partial charge in [0, 0.05) is 6.42 Å². The molecular weight excluding hydrogens is 377 g/mol. The van der Waals surface area contributed by atoms with E-state index in [2.05, 4.69) is 5.10 Å². The van der Waals surface area contributed by atoms with Crippen LogP contribution < -0.4 is 15.0 Å². The van der Waals surface area contributed by atoms with E-state index in [1.807, 2.05) is 0 Å². The van der Waals surface area contributed by atoms with Crippen molar-refractivity contribution in [3.8, 4) is 17.2 Å². The molecule has 0 unspecified atom stereocenters. The predicted octanol–water partition coefficient (Wildman–Crippen LogP) is 3.27. The molecule has 1 aromatic heterocycles. The van der Waals surface area contributed by atoms with E-state index in [4.69, 9.17) is 9.47 Å². The first kappa shape index (κ1) is 18.0. The first-order valence-electron chi connectivity index (χ1n) is 8.36. The number of halogens is 3. The number of alkyl halides is 3. The van der Waals surface area contributed by atoms with E-state index in [0.717, 1.165) is 4.68 Å². The second-order valence-electron chi connectivity index (χ2n) is 6.39. The van der Waals surface area contributed by atoms with Crippen LogP contribution in [0.3, 0.4) is 0 Å². The summed E-state index contributed by atoms with van der Waals surface area (Å²) in [4.78, 5) is 12.7. The molecule has 0 bridgehead atoms. The normalized spacial score (nSPS) is 13.1. The zero-order valence-electron chi connectivity index (χ0n) is 14.4. The Labute approximate surface area is 156 Å². The van der Waals surface area contributed by atoms with Crippen LogP contribution in [0.4, 0.5) is 13.2 Å². The Morgan fingerprint density at radius 3 is 2.61 bits per heavy atom. The first-order valence-corrected chi connectivity index (χ1v) is 8.36. The van der Waals surface area contributed by atoms with Gasteiger partial charge in [-0.15, -0.1) is 0 Å². The highest BCUT2D eigenvalue weighted by Gasteiger charge is 2.37. The topological polar surface area (TPSA) is 76.5 Å². The van der Waals surface area contributed by atoms with Gasteiger partial charge in [0.15, 0.2) is 11.5 Å². The molecule has 3 aromatic rings. The van der Waals surface area contributed by atoms with Gasteiger partial charge in [-0.1, -0.05) is 18.2 Å². The second kappa shape index (κ2) is 6.66. The molecular formula is C19H15F3N2O4. The van der Waals surface area contributed by atoms with E-state index in [0.29, 0.717) is 22.6 Å². The number of nitrogens with zero attached hydrogens (tertiary/aromatic N) is 1. The van der Waals surface area contributed by atoms with Crippen molar-refractivity contribution < 1.29 is 27.8 Å². The number of hydrogen-bond donors (Lipinski definition) is 2. The van der Waals surface area contributed by atoms with Gasteiger partial charge in [-0.2, -0.15) is 13.2 Å². The molecule has 28 heavy (non-hydrogen) atoms. The molecule has 0 spiro atoms. The minimum Gasteiger partial charge on any atom is -0.508 e. The molecule has 9 heteroatoms. The van der Waals surface area contributed by atoms with E-state index in [-0.39, 0.29) is 31.1 Å². The van der Waals surface area contributed by atoms with Gasteiger partial charge in [0.25, 0.3) is 5.56 Å². The lowest BCUT2D eigenvalue weighted by atomic mass is 10.0. The lowest BCUT2D eigenvalue weighted by Crippen LogP contribution is -2.20. The third-order valence-electron chi connectivity index (χ3n) is 4.40. The van der Waals surface area contributed by atoms with Crippen molar-refractivity contribution in [2.45, 2.75) is 19.1 Å². The number of aromatic amines is 1. The fourth-order valence-electron chi connectivity index (χ4n) is 3.13. The number of hydrogen-bond acceptors (Lipinski definition) is 4. The number of H-pyrrole nitrogens is 1. The molecule has 146 valence electrons. The van der Waals surface area contributed by atoms with Crippen LogP contribution in [0.25, 0.3) is 0 Å². The lowest BCUT2D eigenvalue weighted by Gasteiger charge is -2.07. The van der Waals surface area contributed by atoms with Crippen molar-refractivity contribution in [3.63, 3.8) is 0 Å². The van der Waals surface area contributed by atoms with Crippen molar-refractivity contribution in [1.82, 2.24) is 9.78 Å². The average molecular weight is 392 g/mol. The quantitative estimate of drug-likeness (QED) is 0.715. The molecule has 0 saturated carbocycles. The maximum Gasteiger partial charge on any atom is 0.433 e. The highest BCUT2D eigenvalue weighted by atomic mass is 19.4. The summed E-state index contributed by atoms with van der Waals surface area (Å²) >= 11 is 0. The molecule has 1 aliphatic heterocycles. The fraction of sp³-hybridized carbons (Fsp3) is 0.211. The zero-order valence-corrected chi connectivity index (χ0v) is 14.4. The number of fused-ring (bicyclic) bond motifs is 1. The molecule has 1 aliphatic rings. The monoisotopic (exact) mass is 392 g/mol. The van der Waals surface area contributed by atoms with Gasteiger partial charge < -0.3 is 14.6 Å². The van der Waals surface area contributed by atoms with E-state index in [1.165, 1.54) is 12.1 Å². The number of phenolic OH excluding ortho intramolecular Hbond substituents is 1. The van der Waals surface area contributed by atoms with Crippen molar-refractivity contribution in [1.29, 1.82) is 0 Å². The second-order valence-corrected chi connectivity index (χ2v) is 6.39. The molecule has 2 aromatic carbocycles. The third kappa shape index (κ3) is 3.42. The Morgan fingerprint density at radius 1 is 1.07 bits per heavy atom. The molecule has 2 N–H and O–H groups in total. The molecule has 0 amide bonds. The molecule has 0 aliphatic carbocycles. The summed E-state index contributed by atoms with van der Waals surface area (Å²) in [5, 5.41) is 11.7. The highest BCUT2D eigenvalue weighted by Crippen LogP contribution is 2.34. The van der Waals surface area contributed by atoms with Crippen LogP contribution in [0.15, 0.2) is 47.3 Å². The van der Waals surface area contributed by atoms with Crippen LogP contribution in [-0.2, 0) is 19.1 Å². The maximum atomic E-state index is 13.5. The van der Waals surface area contributed by atoms with Crippen molar-refractivity contribution in [2.75, 3.05) is 6.79 Å². The molecule has 0 atom stereocenters. The number of nitrogens with one attached hydrogen (secondary N) is 1. The largest absolute Gasteiger partial charge is 0.508 e. The molecule has 0 fully saturated rings. The molecule has 0 saturated heterocycles. The molecule has 4 rings (SSSR count). The van der Waals surface area contributed by atoms with Gasteiger partial charge in [-0.05, 0) is 35.4 Å². The van der Waals surface area contributed by atoms with Crippen LogP contribution in [0.1, 0.15) is 22.4 Å². The van der Waals surface area contributed by atoms with Gasteiger partial charge in [0.05, 0.1) is 12.1 Å². The number of rotatable bonds is 4. The summed E-state index contributed by atoms with van der Waals surface area (Å²) in [7, 11) is 0. The van der Waals surface area contributed by atoms with Crippen molar-refractivity contribution in [2.24, 2.45) is 0 Å². The van der Waals surface area contributed by atoms with Gasteiger partial charge in [0.1, 0.15) is 11.4 Å². The van der Waals surface area contributed by atoms with Crippen LogP contribution in [0, 0.1) is 0 Å². The van der Waals surface area contributed by atoms with Crippen molar-refractivity contribution in [3.05, 3.63) is 75.2 Å². The summed E-state index contributed by atoms with van der Waals surface area (Å²) < 4.78 is 51.8. The van der Waals surface area contributed by atoms with Crippen LogP contribution >= 0.6 is 0 Å². The number of benzene rings is 2. The Bertz CT molecular complexity index is 1090. The Hall–Kier alpha value is -3.36. The van der Waals surface area contributed by atoms with Crippen LogP contribution in [0.2, 0.25) is 0 Å². The third-order valence-corrected chi connectivity index (χ3v) is 4.40. The summed E-state index contributed by atoms with van der Waals surface area (Å²) in [5.74, 6) is 0.908. The number of ether oxygens (including phenoxy) is 2. The van der Waals surface area contributed by atoms with E-state index < -0.39 is 17.4 Å². The van der Waals surface area contributed by atoms with E-state index in [9.17, 15) is 23.1 Å². The van der Waals surface area contributed by atoms with Crippen molar-refractivity contribution >= 4 is 0 Å². The zero-order chi connectivity index (χ0) is 19.9. The van der Waals surface area contributed by atoms with Crippen LogP contribution in [0.5, 0.6) is 17.2 Å². The molecule has 2 heterocycles. The minimum absolute atomic E-state index is 0.0336. The maximum absolute atomic E-state index is 13.5.